The summed E-state index contributed by atoms with van der Waals surface area (Å²) in [7, 11) is 2.12. The van der Waals surface area contributed by atoms with E-state index in [0.717, 1.165) is 0 Å². The van der Waals surface area contributed by atoms with Crippen LogP contribution in [0.15, 0.2) is 0 Å². The molecule has 2 heteroatoms. The molecule has 0 aromatic carbocycles. The largest absolute Gasteiger partial charge is 0.286 e. The molecular weight excluding hydrogens is 118 g/mol. The predicted molar refractivity (Wildman–Crippen MR) is 38.6 cm³/mol. The summed E-state index contributed by atoms with van der Waals surface area (Å²) in [6.45, 7) is 4.51. The Hall–Kier alpha value is 0.310. The number of thioether (sulfide) groups is 1. The fourth-order valence-corrected chi connectivity index (χ4v) is 1.79. The maximum Gasteiger partial charge on any atom is 0.0812 e. The molecule has 0 bridgehead atoms. The first-order valence-corrected chi connectivity index (χ1v) is 3.86. The van der Waals surface area contributed by atoms with Crippen LogP contribution in [-0.4, -0.2) is 23.2 Å². The summed E-state index contributed by atoms with van der Waals surface area (Å²) in [5.41, 5.74) is 0.394. The minimum absolute atomic E-state index is 0.394. The van der Waals surface area contributed by atoms with E-state index in [0.29, 0.717) is 5.54 Å². The molecule has 1 nitrogen and oxygen atoms in total. The lowest BCUT2D eigenvalue weighted by atomic mass is 10.1. The van der Waals surface area contributed by atoms with Crippen molar-refractivity contribution in [1.29, 1.82) is 0 Å². The first-order valence-electron chi connectivity index (χ1n) is 2.81. The molecule has 0 spiro atoms. The van der Waals surface area contributed by atoms with Gasteiger partial charge >= 0.3 is 0 Å². The summed E-state index contributed by atoms with van der Waals surface area (Å²) in [5.74, 6) is 3.41. The number of hydrogen-bond donors (Lipinski definition) is 0. The van der Waals surface area contributed by atoms with Gasteiger partial charge in [0.1, 0.15) is 0 Å². The van der Waals surface area contributed by atoms with Crippen LogP contribution in [0.3, 0.4) is 0 Å². The zero-order chi connectivity index (χ0) is 6.20. The highest BCUT2D eigenvalue weighted by atomic mass is 32.2. The first kappa shape index (κ1) is 6.43. The quantitative estimate of drug-likeness (QED) is 0.489. The second-order valence-corrected chi connectivity index (χ2v) is 3.67. The van der Waals surface area contributed by atoms with Gasteiger partial charge in [-0.05, 0) is 20.9 Å². The van der Waals surface area contributed by atoms with Crippen LogP contribution in [0.5, 0.6) is 0 Å². The van der Waals surface area contributed by atoms with E-state index >= 15 is 0 Å². The van der Waals surface area contributed by atoms with Gasteiger partial charge in [0.2, 0.25) is 0 Å². The standard InChI is InChI=1S/C6H12NS/c1-6(2)4-8-5-7(6)3/h5H,4H2,1-3H3. The lowest BCUT2D eigenvalue weighted by Crippen LogP contribution is -2.35. The smallest absolute Gasteiger partial charge is 0.0812 e. The average Bonchev–Trinajstić information content (AvgIpc) is 1.86. The van der Waals surface area contributed by atoms with Crippen molar-refractivity contribution in [3.63, 3.8) is 0 Å². The minimum atomic E-state index is 0.394. The molecule has 1 heterocycles. The van der Waals surface area contributed by atoms with Crippen LogP contribution in [-0.2, 0) is 0 Å². The molecule has 1 saturated heterocycles. The van der Waals surface area contributed by atoms with Crippen LogP contribution in [0, 0.1) is 5.88 Å². The lowest BCUT2D eigenvalue weighted by molar-refractivity contribution is 0.259. The zero-order valence-corrected chi connectivity index (χ0v) is 6.46. The molecule has 0 amide bonds. The van der Waals surface area contributed by atoms with E-state index in [-0.39, 0.29) is 0 Å². The maximum atomic E-state index is 2.26. The SMILES string of the molecule is CN1[CH]SCC1(C)C. The Labute approximate surface area is 55.4 Å². The van der Waals surface area contributed by atoms with Crippen LogP contribution < -0.4 is 0 Å². The van der Waals surface area contributed by atoms with E-state index in [2.05, 4.69) is 31.7 Å². The van der Waals surface area contributed by atoms with Crippen LogP contribution in [0.1, 0.15) is 13.8 Å². The van der Waals surface area contributed by atoms with Gasteiger partial charge in [-0.1, -0.05) is 0 Å². The number of nitrogens with zero attached hydrogens (tertiary/aromatic N) is 1. The van der Waals surface area contributed by atoms with Crippen LogP contribution in [0.25, 0.3) is 0 Å². The average molecular weight is 130 g/mol. The van der Waals surface area contributed by atoms with Crippen LogP contribution in [0.2, 0.25) is 0 Å². The topological polar surface area (TPSA) is 3.24 Å². The van der Waals surface area contributed by atoms with Gasteiger partial charge in [-0.3, -0.25) is 4.90 Å². The number of hydrogen-bond acceptors (Lipinski definition) is 2. The Morgan fingerprint density at radius 3 is 2.38 bits per heavy atom. The third-order valence-electron chi connectivity index (χ3n) is 1.62. The van der Waals surface area contributed by atoms with E-state index in [4.69, 9.17) is 0 Å². The Morgan fingerprint density at radius 2 is 2.25 bits per heavy atom. The summed E-state index contributed by atoms with van der Waals surface area (Å²) in [6, 6.07) is 0. The van der Waals surface area contributed by atoms with Gasteiger partial charge in [0.05, 0.1) is 5.88 Å². The van der Waals surface area contributed by atoms with Crippen LogP contribution in [0.4, 0.5) is 0 Å². The Balaban J connectivity index is 2.54. The number of rotatable bonds is 0. The normalized spacial score (nSPS) is 28.9. The minimum Gasteiger partial charge on any atom is -0.286 e. The third-order valence-corrected chi connectivity index (χ3v) is 2.96. The molecular formula is C6H12NS. The zero-order valence-electron chi connectivity index (χ0n) is 5.64. The van der Waals surface area contributed by atoms with Gasteiger partial charge in [-0.25, -0.2) is 0 Å². The second kappa shape index (κ2) is 1.92. The second-order valence-electron chi connectivity index (χ2n) is 2.84. The molecule has 0 aromatic rings. The predicted octanol–water partition coefficient (Wildman–Crippen LogP) is 1.56. The Bertz CT molecular complexity index is 90.5. The van der Waals surface area contributed by atoms with Gasteiger partial charge in [0.25, 0.3) is 0 Å². The monoisotopic (exact) mass is 130 g/mol. The van der Waals surface area contributed by atoms with Gasteiger partial charge in [0.15, 0.2) is 0 Å². The summed E-state index contributed by atoms with van der Waals surface area (Å²) < 4.78 is 0. The molecule has 8 heavy (non-hydrogen) atoms. The van der Waals surface area contributed by atoms with Gasteiger partial charge in [-0.15, -0.1) is 11.8 Å². The molecule has 1 radical (unpaired) electrons. The van der Waals surface area contributed by atoms with E-state index in [1.54, 1.807) is 0 Å². The maximum absolute atomic E-state index is 2.26. The highest BCUT2D eigenvalue weighted by Gasteiger charge is 2.29. The van der Waals surface area contributed by atoms with Gasteiger partial charge < -0.3 is 0 Å². The summed E-state index contributed by atoms with van der Waals surface area (Å²) in [6.07, 6.45) is 0. The highest BCUT2D eigenvalue weighted by Crippen LogP contribution is 2.31. The van der Waals surface area contributed by atoms with Gasteiger partial charge in [0, 0.05) is 11.3 Å². The van der Waals surface area contributed by atoms with Crippen LogP contribution >= 0.6 is 11.8 Å². The van der Waals surface area contributed by atoms with E-state index in [9.17, 15) is 0 Å². The van der Waals surface area contributed by atoms with Gasteiger partial charge in [-0.2, -0.15) is 0 Å². The fourth-order valence-electron chi connectivity index (χ4n) is 0.598. The molecule has 0 aromatic heterocycles. The molecule has 1 rings (SSSR count). The molecule has 0 unspecified atom stereocenters. The summed E-state index contributed by atoms with van der Waals surface area (Å²) in [5, 5.41) is 0. The molecule has 0 atom stereocenters. The Morgan fingerprint density at radius 1 is 1.62 bits per heavy atom. The molecule has 0 aliphatic carbocycles. The van der Waals surface area contributed by atoms with Crippen molar-refractivity contribution in [3.05, 3.63) is 5.88 Å². The van der Waals surface area contributed by atoms with Crippen molar-refractivity contribution in [2.75, 3.05) is 12.8 Å². The molecule has 1 aliphatic heterocycles. The van der Waals surface area contributed by atoms with Crippen molar-refractivity contribution < 1.29 is 0 Å². The lowest BCUT2D eigenvalue weighted by Gasteiger charge is -2.25. The summed E-state index contributed by atoms with van der Waals surface area (Å²) >= 11 is 1.89. The summed E-state index contributed by atoms with van der Waals surface area (Å²) in [4.78, 5) is 2.26. The van der Waals surface area contributed by atoms with Crippen molar-refractivity contribution in [2.45, 2.75) is 19.4 Å². The van der Waals surface area contributed by atoms with Crippen molar-refractivity contribution in [3.8, 4) is 0 Å². The van der Waals surface area contributed by atoms with Crippen molar-refractivity contribution in [2.24, 2.45) is 0 Å². The molecule has 0 N–H and O–H groups in total. The molecule has 1 aliphatic rings. The van der Waals surface area contributed by atoms with Crippen molar-refractivity contribution >= 4 is 11.8 Å². The first-order chi connectivity index (χ1) is 3.63. The van der Waals surface area contributed by atoms with E-state index < -0.39 is 0 Å². The Kier molecular flexibility index (Phi) is 1.54. The van der Waals surface area contributed by atoms with Crippen molar-refractivity contribution in [1.82, 2.24) is 4.90 Å². The molecule has 47 valence electrons. The van der Waals surface area contributed by atoms with E-state index in [1.807, 2.05) is 11.8 Å². The fraction of sp³-hybridized carbons (Fsp3) is 0.833. The van der Waals surface area contributed by atoms with E-state index in [1.165, 1.54) is 5.75 Å². The molecule has 0 saturated carbocycles. The molecule has 1 fully saturated rings. The third kappa shape index (κ3) is 1.00. The highest BCUT2D eigenvalue weighted by molar-refractivity contribution is 8.01.